The first kappa shape index (κ1) is 15.0. The van der Waals surface area contributed by atoms with Crippen molar-refractivity contribution >= 4 is 33.3 Å². The van der Waals surface area contributed by atoms with Gasteiger partial charge in [0.25, 0.3) is 0 Å². The van der Waals surface area contributed by atoms with E-state index < -0.39 is 0 Å². The number of ether oxygens (including phenoxy) is 1. The second kappa shape index (κ2) is 7.37. The largest absolute Gasteiger partial charge is 0.394 e. The molecule has 0 bridgehead atoms. The van der Waals surface area contributed by atoms with Crippen LogP contribution in [0.5, 0.6) is 0 Å². The van der Waals surface area contributed by atoms with E-state index in [9.17, 15) is 5.11 Å². The van der Waals surface area contributed by atoms with E-state index in [1.165, 1.54) is 0 Å². The molecule has 0 saturated carbocycles. The van der Waals surface area contributed by atoms with Crippen LogP contribution in [0.15, 0.2) is 11.4 Å². The quantitative estimate of drug-likeness (QED) is 0.691. The van der Waals surface area contributed by atoms with E-state index in [1.807, 2.05) is 11.4 Å². The Hall–Kier alpha value is -1.44. The minimum Gasteiger partial charge on any atom is -0.394 e. The molecule has 2 heterocycles. The molecule has 1 atom stereocenters. The number of aliphatic hydroxyl groups is 1. The minimum absolute atomic E-state index is 0.0127. The Morgan fingerprint density at radius 1 is 1.45 bits per heavy atom. The summed E-state index contributed by atoms with van der Waals surface area (Å²) in [7, 11) is 1.61. The Morgan fingerprint density at radius 3 is 3.00 bits per heavy atom. The van der Waals surface area contributed by atoms with Crippen LogP contribution in [0.1, 0.15) is 13.3 Å². The van der Waals surface area contributed by atoms with Gasteiger partial charge in [-0.15, -0.1) is 11.3 Å². The van der Waals surface area contributed by atoms with Gasteiger partial charge in [-0.25, -0.2) is 4.98 Å². The van der Waals surface area contributed by atoms with E-state index in [4.69, 9.17) is 4.74 Å². The summed E-state index contributed by atoms with van der Waals surface area (Å²) in [6, 6.07) is 1.80. The molecule has 0 aliphatic carbocycles. The number of nitrogens with one attached hydrogen (secondary N) is 2. The van der Waals surface area contributed by atoms with Gasteiger partial charge in [-0.3, -0.25) is 0 Å². The van der Waals surface area contributed by atoms with Gasteiger partial charge in [0.15, 0.2) is 0 Å². The monoisotopic (exact) mass is 296 g/mol. The van der Waals surface area contributed by atoms with E-state index in [2.05, 4.69) is 27.5 Å². The Labute approximate surface area is 122 Å². The maximum atomic E-state index is 9.35. The summed E-state index contributed by atoms with van der Waals surface area (Å²) in [6.07, 6.45) is 1.01. The van der Waals surface area contributed by atoms with Gasteiger partial charge >= 0.3 is 0 Å². The van der Waals surface area contributed by atoms with Gasteiger partial charge in [0.05, 0.1) is 24.6 Å². The van der Waals surface area contributed by atoms with Crippen LogP contribution in [0.2, 0.25) is 0 Å². The standard InChI is InChI=1S/C13H20N4O2S/c1-3-5-14-13-16-11(15-9(7-18)8-19-2)10-4-6-20-12(10)17-13/h4,6,9,18H,3,5,7-8H2,1-2H3,(H2,14,15,16,17). The summed E-state index contributed by atoms with van der Waals surface area (Å²) in [5.41, 5.74) is 0. The Bertz CT molecular complexity index is 546. The van der Waals surface area contributed by atoms with E-state index in [0.717, 1.165) is 29.0 Å². The lowest BCUT2D eigenvalue weighted by Crippen LogP contribution is -2.29. The van der Waals surface area contributed by atoms with E-state index >= 15 is 0 Å². The van der Waals surface area contributed by atoms with Crippen molar-refractivity contribution in [2.24, 2.45) is 0 Å². The minimum atomic E-state index is -0.183. The number of nitrogens with zero attached hydrogens (tertiary/aromatic N) is 2. The third kappa shape index (κ3) is 3.56. The van der Waals surface area contributed by atoms with Crippen LogP contribution in [-0.4, -0.2) is 48.0 Å². The van der Waals surface area contributed by atoms with Gasteiger partial charge in [-0.05, 0) is 17.9 Å². The van der Waals surface area contributed by atoms with Crippen LogP contribution in [0.4, 0.5) is 11.8 Å². The molecule has 20 heavy (non-hydrogen) atoms. The molecule has 7 heteroatoms. The van der Waals surface area contributed by atoms with Crippen molar-refractivity contribution in [3.63, 3.8) is 0 Å². The molecule has 0 amide bonds. The predicted molar refractivity (Wildman–Crippen MR) is 82.6 cm³/mol. The lowest BCUT2D eigenvalue weighted by Gasteiger charge is -2.17. The zero-order valence-electron chi connectivity index (χ0n) is 11.7. The van der Waals surface area contributed by atoms with Crippen molar-refractivity contribution in [3.8, 4) is 0 Å². The average Bonchev–Trinajstić information content (AvgIpc) is 2.93. The fourth-order valence-corrected chi connectivity index (χ4v) is 2.58. The van der Waals surface area contributed by atoms with Gasteiger partial charge in [0.2, 0.25) is 5.95 Å². The highest BCUT2D eigenvalue weighted by Gasteiger charge is 2.13. The fraction of sp³-hybridized carbons (Fsp3) is 0.538. The highest BCUT2D eigenvalue weighted by molar-refractivity contribution is 7.16. The fourth-order valence-electron chi connectivity index (χ4n) is 1.82. The van der Waals surface area contributed by atoms with Crippen molar-refractivity contribution < 1.29 is 9.84 Å². The predicted octanol–water partition coefficient (Wildman–Crippen LogP) is 1.93. The van der Waals surface area contributed by atoms with Gasteiger partial charge < -0.3 is 20.5 Å². The normalized spacial score (nSPS) is 12.6. The van der Waals surface area contributed by atoms with Crippen molar-refractivity contribution in [2.75, 3.05) is 37.5 Å². The Balaban J connectivity index is 2.26. The SMILES string of the molecule is CCCNc1nc(NC(CO)COC)c2ccsc2n1. The van der Waals surface area contributed by atoms with Crippen LogP contribution in [0.25, 0.3) is 10.2 Å². The third-order valence-electron chi connectivity index (χ3n) is 2.79. The summed E-state index contributed by atoms with van der Waals surface area (Å²) >= 11 is 1.57. The van der Waals surface area contributed by atoms with Crippen LogP contribution >= 0.6 is 11.3 Å². The Kier molecular flexibility index (Phi) is 5.51. The molecule has 6 nitrogen and oxygen atoms in total. The van der Waals surface area contributed by atoms with Crippen LogP contribution in [-0.2, 0) is 4.74 Å². The number of hydrogen-bond acceptors (Lipinski definition) is 7. The molecule has 0 aliphatic rings. The number of methoxy groups -OCH3 is 1. The van der Waals surface area contributed by atoms with Crippen LogP contribution in [0.3, 0.4) is 0 Å². The Morgan fingerprint density at radius 2 is 2.30 bits per heavy atom. The lowest BCUT2D eigenvalue weighted by molar-refractivity contribution is 0.153. The lowest BCUT2D eigenvalue weighted by atomic mass is 10.3. The molecule has 0 fully saturated rings. The summed E-state index contributed by atoms with van der Waals surface area (Å²) in [5.74, 6) is 1.34. The van der Waals surface area contributed by atoms with Crippen molar-refractivity contribution in [3.05, 3.63) is 11.4 Å². The molecule has 0 radical (unpaired) electrons. The third-order valence-corrected chi connectivity index (χ3v) is 3.59. The second-order valence-corrected chi connectivity index (χ2v) is 5.34. The highest BCUT2D eigenvalue weighted by atomic mass is 32.1. The molecule has 2 aromatic rings. The molecule has 0 saturated heterocycles. The van der Waals surface area contributed by atoms with E-state index in [1.54, 1.807) is 18.4 Å². The molecule has 3 N–H and O–H groups in total. The number of anilines is 2. The molecule has 1 unspecified atom stereocenters. The van der Waals surface area contributed by atoms with Crippen molar-refractivity contribution in [2.45, 2.75) is 19.4 Å². The summed E-state index contributed by atoms with van der Waals surface area (Å²) in [4.78, 5) is 9.89. The van der Waals surface area contributed by atoms with Gasteiger partial charge in [0.1, 0.15) is 10.6 Å². The average molecular weight is 296 g/mol. The number of hydrogen-bond donors (Lipinski definition) is 3. The van der Waals surface area contributed by atoms with Crippen molar-refractivity contribution in [1.29, 1.82) is 0 Å². The molecular weight excluding hydrogens is 276 g/mol. The van der Waals surface area contributed by atoms with E-state index in [-0.39, 0.29) is 12.6 Å². The summed E-state index contributed by atoms with van der Waals surface area (Å²) in [5, 5.41) is 18.7. The van der Waals surface area contributed by atoms with Gasteiger partial charge in [-0.1, -0.05) is 6.92 Å². The smallest absolute Gasteiger partial charge is 0.226 e. The number of thiophene rings is 1. The molecular formula is C13H20N4O2S. The number of fused-ring (bicyclic) bond motifs is 1. The van der Waals surface area contributed by atoms with E-state index in [0.29, 0.717) is 12.6 Å². The number of rotatable bonds is 8. The first-order chi connectivity index (χ1) is 9.78. The van der Waals surface area contributed by atoms with Crippen LogP contribution < -0.4 is 10.6 Å². The van der Waals surface area contributed by atoms with Crippen LogP contribution in [0, 0.1) is 0 Å². The maximum absolute atomic E-state index is 9.35. The molecule has 2 aromatic heterocycles. The van der Waals surface area contributed by atoms with Gasteiger partial charge in [-0.2, -0.15) is 4.98 Å². The summed E-state index contributed by atoms with van der Waals surface area (Å²) in [6.45, 7) is 3.33. The first-order valence-electron chi connectivity index (χ1n) is 6.64. The van der Waals surface area contributed by atoms with Crippen molar-refractivity contribution in [1.82, 2.24) is 9.97 Å². The molecule has 2 rings (SSSR count). The zero-order valence-corrected chi connectivity index (χ0v) is 12.5. The second-order valence-electron chi connectivity index (χ2n) is 4.44. The number of aromatic nitrogens is 2. The molecule has 0 aliphatic heterocycles. The molecule has 0 spiro atoms. The highest BCUT2D eigenvalue weighted by Crippen LogP contribution is 2.26. The summed E-state index contributed by atoms with van der Waals surface area (Å²) < 4.78 is 5.08. The molecule has 110 valence electrons. The topological polar surface area (TPSA) is 79.3 Å². The number of aliphatic hydroxyl groups excluding tert-OH is 1. The zero-order chi connectivity index (χ0) is 14.4. The first-order valence-corrected chi connectivity index (χ1v) is 7.51. The maximum Gasteiger partial charge on any atom is 0.226 e. The van der Waals surface area contributed by atoms with Gasteiger partial charge in [0, 0.05) is 13.7 Å². The molecule has 0 aromatic carbocycles.